The van der Waals surface area contributed by atoms with Gasteiger partial charge in [-0.3, -0.25) is 4.68 Å². The summed E-state index contributed by atoms with van der Waals surface area (Å²) in [5, 5.41) is 4.32. The second kappa shape index (κ2) is 5.93. The summed E-state index contributed by atoms with van der Waals surface area (Å²) in [5.74, 6) is 0.902. The molecular weight excluding hydrogens is 314 g/mol. The van der Waals surface area contributed by atoms with Crippen molar-refractivity contribution in [1.29, 1.82) is 0 Å². The second-order valence-corrected chi connectivity index (χ2v) is 7.69. The molecule has 0 saturated carbocycles. The van der Waals surface area contributed by atoms with Gasteiger partial charge in [0.05, 0.1) is 6.20 Å². The Kier molecular flexibility index (Phi) is 4.11. The van der Waals surface area contributed by atoms with E-state index in [9.17, 15) is 8.42 Å². The first-order chi connectivity index (χ1) is 10.9. The zero-order valence-electron chi connectivity index (χ0n) is 13.6. The van der Waals surface area contributed by atoms with Crippen molar-refractivity contribution in [1.82, 2.24) is 19.1 Å². The normalized spacial score (nSPS) is 16.7. The molecule has 0 spiro atoms. The zero-order chi connectivity index (χ0) is 16.6. The molecule has 1 aliphatic heterocycles. The highest BCUT2D eigenvalue weighted by atomic mass is 32.2. The average molecular weight is 335 g/mol. The molecule has 0 aliphatic carbocycles. The lowest BCUT2D eigenvalue weighted by atomic mass is 10.2. The SMILES string of the molecule is Cc1ccnc(N2CCN(S(=O)(=O)c3c(C)cnn3C)CC2)c1. The number of rotatable bonds is 3. The molecule has 8 heteroatoms. The van der Waals surface area contributed by atoms with Gasteiger partial charge in [0.2, 0.25) is 0 Å². The summed E-state index contributed by atoms with van der Waals surface area (Å²) in [6, 6.07) is 3.98. The van der Waals surface area contributed by atoms with Gasteiger partial charge in [0.1, 0.15) is 5.82 Å². The van der Waals surface area contributed by atoms with Gasteiger partial charge in [-0.05, 0) is 31.5 Å². The lowest BCUT2D eigenvalue weighted by Crippen LogP contribution is -2.49. The van der Waals surface area contributed by atoms with Crippen LogP contribution in [0.4, 0.5) is 5.82 Å². The Morgan fingerprint density at radius 1 is 1.13 bits per heavy atom. The maximum Gasteiger partial charge on any atom is 0.260 e. The average Bonchev–Trinajstić information content (AvgIpc) is 2.87. The van der Waals surface area contributed by atoms with Crippen LogP contribution in [0, 0.1) is 13.8 Å². The van der Waals surface area contributed by atoms with E-state index in [0.717, 1.165) is 11.4 Å². The van der Waals surface area contributed by atoms with Gasteiger partial charge >= 0.3 is 0 Å². The predicted molar refractivity (Wildman–Crippen MR) is 87.9 cm³/mol. The van der Waals surface area contributed by atoms with Crippen molar-refractivity contribution in [3.8, 4) is 0 Å². The minimum absolute atomic E-state index is 0.277. The molecule has 0 N–H and O–H groups in total. The summed E-state index contributed by atoms with van der Waals surface area (Å²) in [7, 11) is -1.85. The van der Waals surface area contributed by atoms with E-state index in [4.69, 9.17) is 0 Å². The largest absolute Gasteiger partial charge is 0.354 e. The molecule has 0 unspecified atom stereocenters. The van der Waals surface area contributed by atoms with Crippen LogP contribution in [0.25, 0.3) is 0 Å². The maximum absolute atomic E-state index is 12.8. The van der Waals surface area contributed by atoms with Gasteiger partial charge in [-0.25, -0.2) is 13.4 Å². The summed E-state index contributed by atoms with van der Waals surface area (Å²) < 4.78 is 28.6. The summed E-state index contributed by atoms with van der Waals surface area (Å²) >= 11 is 0. The Labute approximate surface area is 136 Å². The zero-order valence-corrected chi connectivity index (χ0v) is 14.4. The number of sulfonamides is 1. The molecule has 1 aliphatic rings. The maximum atomic E-state index is 12.8. The number of piperazine rings is 1. The molecule has 7 nitrogen and oxygen atoms in total. The van der Waals surface area contributed by atoms with Gasteiger partial charge in [-0.2, -0.15) is 9.40 Å². The van der Waals surface area contributed by atoms with Crippen LogP contribution in [0.15, 0.2) is 29.6 Å². The van der Waals surface area contributed by atoms with Crippen LogP contribution in [0.5, 0.6) is 0 Å². The lowest BCUT2D eigenvalue weighted by Gasteiger charge is -2.34. The molecule has 1 fully saturated rings. The van der Waals surface area contributed by atoms with Crippen LogP contribution in [-0.4, -0.2) is 53.7 Å². The Balaban J connectivity index is 1.76. The summed E-state index contributed by atoms with van der Waals surface area (Å²) in [6.07, 6.45) is 3.37. The molecule has 2 aromatic heterocycles. The standard InChI is InChI=1S/C15H21N5O2S/c1-12-4-5-16-14(10-12)19-6-8-20(9-7-19)23(21,22)15-13(2)11-17-18(15)3/h4-5,10-11H,6-9H2,1-3H3. The van der Waals surface area contributed by atoms with Crippen LogP contribution in [-0.2, 0) is 17.1 Å². The third kappa shape index (κ3) is 2.96. The van der Waals surface area contributed by atoms with Crippen LogP contribution in [0.2, 0.25) is 0 Å². The molecule has 23 heavy (non-hydrogen) atoms. The summed E-state index contributed by atoms with van der Waals surface area (Å²) in [4.78, 5) is 6.49. The summed E-state index contributed by atoms with van der Waals surface area (Å²) in [5.41, 5.74) is 1.82. The Hall–Kier alpha value is -1.93. The number of aromatic nitrogens is 3. The minimum atomic E-state index is -3.51. The molecule has 2 aromatic rings. The van der Waals surface area contributed by atoms with Gasteiger partial charge in [0.15, 0.2) is 5.03 Å². The quantitative estimate of drug-likeness (QED) is 0.835. The fourth-order valence-corrected chi connectivity index (χ4v) is 4.61. The van der Waals surface area contributed by atoms with E-state index in [-0.39, 0.29) is 5.03 Å². The van der Waals surface area contributed by atoms with Crippen molar-refractivity contribution in [2.45, 2.75) is 18.9 Å². The fourth-order valence-electron chi connectivity index (χ4n) is 2.88. The first-order valence-electron chi connectivity index (χ1n) is 7.56. The van der Waals surface area contributed by atoms with Crippen LogP contribution in [0.3, 0.4) is 0 Å². The first-order valence-corrected chi connectivity index (χ1v) is 9.00. The Bertz CT molecular complexity index is 788. The van der Waals surface area contributed by atoms with Crippen LogP contribution in [0.1, 0.15) is 11.1 Å². The van der Waals surface area contributed by atoms with Crippen molar-refractivity contribution < 1.29 is 8.42 Å². The van der Waals surface area contributed by atoms with E-state index in [0.29, 0.717) is 31.7 Å². The molecule has 3 rings (SSSR count). The van der Waals surface area contributed by atoms with E-state index >= 15 is 0 Å². The number of anilines is 1. The molecule has 0 atom stereocenters. The van der Waals surface area contributed by atoms with E-state index in [1.165, 1.54) is 8.99 Å². The van der Waals surface area contributed by atoms with Gasteiger partial charge in [0.25, 0.3) is 10.0 Å². The van der Waals surface area contributed by atoms with Gasteiger partial charge in [0, 0.05) is 45.0 Å². The predicted octanol–water partition coefficient (Wildman–Crippen LogP) is 0.943. The molecule has 0 bridgehead atoms. The van der Waals surface area contributed by atoms with Crippen LogP contribution >= 0.6 is 0 Å². The molecule has 0 radical (unpaired) electrons. The third-order valence-corrected chi connectivity index (χ3v) is 6.22. The number of hydrogen-bond donors (Lipinski definition) is 0. The Morgan fingerprint density at radius 2 is 1.83 bits per heavy atom. The van der Waals surface area contributed by atoms with Crippen molar-refractivity contribution in [3.63, 3.8) is 0 Å². The lowest BCUT2D eigenvalue weighted by molar-refractivity contribution is 0.379. The van der Waals surface area contributed by atoms with Crippen molar-refractivity contribution in [2.24, 2.45) is 7.05 Å². The summed E-state index contributed by atoms with van der Waals surface area (Å²) in [6.45, 7) is 5.95. The Morgan fingerprint density at radius 3 is 2.39 bits per heavy atom. The number of hydrogen-bond acceptors (Lipinski definition) is 5. The minimum Gasteiger partial charge on any atom is -0.354 e. The highest BCUT2D eigenvalue weighted by molar-refractivity contribution is 7.89. The highest BCUT2D eigenvalue weighted by Crippen LogP contribution is 2.22. The van der Waals surface area contributed by atoms with Gasteiger partial charge in [-0.1, -0.05) is 0 Å². The van der Waals surface area contributed by atoms with Crippen molar-refractivity contribution >= 4 is 15.8 Å². The number of aryl methyl sites for hydroxylation is 3. The molecule has 0 amide bonds. The van der Waals surface area contributed by atoms with Crippen LogP contribution < -0.4 is 4.90 Å². The van der Waals surface area contributed by atoms with E-state index in [1.807, 2.05) is 19.1 Å². The van der Waals surface area contributed by atoms with Gasteiger partial charge in [-0.15, -0.1) is 0 Å². The number of pyridine rings is 1. The van der Waals surface area contributed by atoms with Crippen molar-refractivity contribution in [3.05, 3.63) is 35.7 Å². The van der Waals surface area contributed by atoms with Crippen molar-refractivity contribution in [2.75, 3.05) is 31.1 Å². The van der Waals surface area contributed by atoms with Gasteiger partial charge < -0.3 is 4.90 Å². The monoisotopic (exact) mass is 335 g/mol. The molecule has 3 heterocycles. The molecule has 1 saturated heterocycles. The topological polar surface area (TPSA) is 71.3 Å². The van der Waals surface area contributed by atoms with E-state index in [2.05, 4.69) is 15.0 Å². The van der Waals surface area contributed by atoms with E-state index < -0.39 is 10.0 Å². The molecule has 0 aromatic carbocycles. The van der Waals surface area contributed by atoms with E-state index in [1.54, 1.807) is 26.4 Å². The number of nitrogens with zero attached hydrogens (tertiary/aromatic N) is 5. The molecular formula is C15H21N5O2S. The molecule has 124 valence electrons. The second-order valence-electron chi connectivity index (χ2n) is 5.84. The highest BCUT2D eigenvalue weighted by Gasteiger charge is 2.32. The first kappa shape index (κ1) is 15.9. The smallest absolute Gasteiger partial charge is 0.260 e. The fraction of sp³-hybridized carbons (Fsp3) is 0.467. The third-order valence-electron chi connectivity index (χ3n) is 4.10.